The van der Waals surface area contributed by atoms with Crippen molar-refractivity contribution in [3.05, 3.63) is 29.8 Å². The summed E-state index contributed by atoms with van der Waals surface area (Å²) in [6, 6.07) is 7.10. The number of hydrogen-bond acceptors (Lipinski definition) is 3. The maximum absolute atomic E-state index is 11.8. The molecule has 0 heterocycles. The third-order valence-corrected chi connectivity index (χ3v) is 5.59. The van der Waals surface area contributed by atoms with Crippen LogP contribution in [-0.4, -0.2) is 25.0 Å². The summed E-state index contributed by atoms with van der Waals surface area (Å²) >= 11 is 0. The van der Waals surface area contributed by atoms with Gasteiger partial charge in [0.25, 0.3) is 0 Å². The van der Waals surface area contributed by atoms with Crippen LogP contribution in [0.2, 0.25) is 0 Å². The quantitative estimate of drug-likeness (QED) is 0.896. The summed E-state index contributed by atoms with van der Waals surface area (Å²) in [5, 5.41) is 9.89. The summed E-state index contributed by atoms with van der Waals surface area (Å²) in [5.41, 5.74) is 0.448. The van der Waals surface area contributed by atoms with E-state index in [0.29, 0.717) is 0 Å². The van der Waals surface area contributed by atoms with Crippen molar-refractivity contribution in [1.82, 2.24) is 0 Å². The summed E-state index contributed by atoms with van der Waals surface area (Å²) < 4.78 is 23.6. The van der Waals surface area contributed by atoms with Crippen LogP contribution >= 0.6 is 0 Å². The highest BCUT2D eigenvalue weighted by Crippen LogP contribution is 2.47. The standard InChI is InChI=1S/C13H18O3S/c1-2-17(15,16)10-13(8-5-9-13)11-6-3-4-7-12(11)14/h3-4,6-7,14H,2,5,8-10H2,1H3. The van der Waals surface area contributed by atoms with Crippen molar-refractivity contribution in [1.29, 1.82) is 0 Å². The number of sulfone groups is 1. The molecule has 17 heavy (non-hydrogen) atoms. The van der Waals surface area contributed by atoms with Crippen molar-refractivity contribution >= 4 is 9.84 Å². The summed E-state index contributed by atoms with van der Waals surface area (Å²) in [7, 11) is -3.01. The van der Waals surface area contributed by atoms with Crippen LogP contribution in [-0.2, 0) is 15.3 Å². The molecule has 0 unspecified atom stereocenters. The van der Waals surface area contributed by atoms with E-state index in [4.69, 9.17) is 0 Å². The lowest BCUT2D eigenvalue weighted by Crippen LogP contribution is -2.41. The number of phenols is 1. The first-order valence-corrected chi connectivity index (χ1v) is 7.80. The van der Waals surface area contributed by atoms with Gasteiger partial charge in [-0.1, -0.05) is 31.5 Å². The number of hydrogen-bond donors (Lipinski definition) is 1. The Labute approximate surface area is 102 Å². The van der Waals surface area contributed by atoms with Crippen LogP contribution in [0.15, 0.2) is 24.3 Å². The van der Waals surface area contributed by atoms with Crippen LogP contribution in [0.5, 0.6) is 5.75 Å². The van der Waals surface area contributed by atoms with Crippen LogP contribution in [0.3, 0.4) is 0 Å². The predicted octanol–water partition coefficient (Wildman–Crippen LogP) is 2.25. The first-order chi connectivity index (χ1) is 7.99. The molecule has 1 fully saturated rings. The van der Waals surface area contributed by atoms with E-state index < -0.39 is 9.84 Å². The van der Waals surface area contributed by atoms with Crippen molar-refractivity contribution in [2.75, 3.05) is 11.5 Å². The third kappa shape index (κ3) is 2.32. The van der Waals surface area contributed by atoms with E-state index in [1.807, 2.05) is 12.1 Å². The first kappa shape index (κ1) is 12.4. The second-order valence-corrected chi connectivity index (χ2v) is 7.18. The van der Waals surface area contributed by atoms with Gasteiger partial charge in [-0.05, 0) is 18.9 Å². The molecule has 0 amide bonds. The lowest BCUT2D eigenvalue weighted by atomic mass is 9.65. The Hall–Kier alpha value is -1.03. The van der Waals surface area contributed by atoms with Crippen LogP contribution < -0.4 is 0 Å². The second kappa shape index (κ2) is 4.33. The fourth-order valence-corrected chi connectivity index (χ4v) is 4.03. The Kier molecular flexibility index (Phi) is 3.17. The van der Waals surface area contributed by atoms with Gasteiger partial charge in [0.05, 0.1) is 5.75 Å². The van der Waals surface area contributed by atoms with Crippen molar-refractivity contribution < 1.29 is 13.5 Å². The Balaban J connectivity index is 2.36. The molecule has 0 saturated heterocycles. The SMILES string of the molecule is CCS(=O)(=O)CC1(c2ccccc2O)CCC1. The molecule has 0 radical (unpaired) electrons. The van der Waals surface area contributed by atoms with E-state index in [1.165, 1.54) is 0 Å². The van der Waals surface area contributed by atoms with Crippen molar-refractivity contribution in [2.24, 2.45) is 0 Å². The molecule has 2 rings (SSSR count). The van der Waals surface area contributed by atoms with E-state index in [2.05, 4.69) is 0 Å². The predicted molar refractivity (Wildman–Crippen MR) is 68.0 cm³/mol. The van der Waals surface area contributed by atoms with Gasteiger partial charge in [-0.25, -0.2) is 8.42 Å². The molecule has 0 bridgehead atoms. The third-order valence-electron chi connectivity index (χ3n) is 3.72. The Bertz CT molecular complexity index is 501. The lowest BCUT2D eigenvalue weighted by Gasteiger charge is -2.42. The van der Waals surface area contributed by atoms with Gasteiger partial charge in [0.15, 0.2) is 9.84 Å². The van der Waals surface area contributed by atoms with Crippen molar-refractivity contribution in [2.45, 2.75) is 31.6 Å². The molecule has 1 aromatic carbocycles. The molecule has 0 aromatic heterocycles. The van der Waals surface area contributed by atoms with Crippen LogP contribution in [0.4, 0.5) is 0 Å². The topological polar surface area (TPSA) is 54.4 Å². The van der Waals surface area contributed by atoms with Crippen LogP contribution in [0, 0.1) is 0 Å². The molecule has 0 aliphatic heterocycles. The maximum atomic E-state index is 11.8. The zero-order valence-electron chi connectivity index (χ0n) is 10.0. The summed E-state index contributed by atoms with van der Waals surface area (Å²) in [6.07, 6.45) is 2.74. The van der Waals surface area contributed by atoms with E-state index in [1.54, 1.807) is 19.1 Å². The van der Waals surface area contributed by atoms with E-state index in [-0.39, 0.29) is 22.7 Å². The van der Waals surface area contributed by atoms with Gasteiger partial charge in [-0.2, -0.15) is 0 Å². The molecule has 4 heteroatoms. The van der Waals surface area contributed by atoms with Crippen molar-refractivity contribution in [3.63, 3.8) is 0 Å². The normalized spacial score (nSPS) is 18.6. The highest BCUT2D eigenvalue weighted by Gasteiger charge is 2.43. The Morgan fingerprint density at radius 3 is 2.41 bits per heavy atom. The van der Waals surface area contributed by atoms with Gasteiger partial charge in [0.2, 0.25) is 0 Å². The molecule has 0 atom stereocenters. The fraction of sp³-hybridized carbons (Fsp3) is 0.538. The molecule has 1 saturated carbocycles. The highest BCUT2D eigenvalue weighted by atomic mass is 32.2. The first-order valence-electron chi connectivity index (χ1n) is 5.98. The number of benzene rings is 1. The number of rotatable bonds is 4. The van der Waals surface area contributed by atoms with E-state index in [9.17, 15) is 13.5 Å². The molecule has 0 spiro atoms. The maximum Gasteiger partial charge on any atom is 0.150 e. The smallest absolute Gasteiger partial charge is 0.150 e. The summed E-state index contributed by atoms with van der Waals surface area (Å²) in [4.78, 5) is 0. The largest absolute Gasteiger partial charge is 0.508 e. The van der Waals surface area contributed by atoms with Crippen molar-refractivity contribution in [3.8, 4) is 5.75 Å². The summed E-state index contributed by atoms with van der Waals surface area (Å²) in [5.74, 6) is 0.551. The van der Waals surface area contributed by atoms with Gasteiger partial charge in [0, 0.05) is 16.7 Å². The highest BCUT2D eigenvalue weighted by molar-refractivity contribution is 7.91. The number of phenolic OH excluding ortho intramolecular Hbond substituents is 1. The molecule has 3 nitrogen and oxygen atoms in total. The van der Waals surface area contributed by atoms with Gasteiger partial charge >= 0.3 is 0 Å². The average Bonchev–Trinajstić information content (AvgIpc) is 2.25. The van der Waals surface area contributed by atoms with Crippen LogP contribution in [0.25, 0.3) is 0 Å². The van der Waals surface area contributed by atoms with Gasteiger partial charge in [-0.3, -0.25) is 0 Å². The lowest BCUT2D eigenvalue weighted by molar-refractivity contribution is 0.265. The Morgan fingerprint density at radius 1 is 1.29 bits per heavy atom. The Morgan fingerprint density at radius 2 is 1.94 bits per heavy atom. The minimum Gasteiger partial charge on any atom is -0.508 e. The molecule has 94 valence electrons. The fourth-order valence-electron chi connectivity index (χ4n) is 2.54. The molecule has 1 N–H and O–H groups in total. The molecule has 1 aliphatic rings. The number of aromatic hydroxyl groups is 1. The van der Waals surface area contributed by atoms with Gasteiger partial charge < -0.3 is 5.11 Å². The molecular formula is C13H18O3S. The van der Waals surface area contributed by atoms with Crippen LogP contribution in [0.1, 0.15) is 31.7 Å². The molecule has 1 aliphatic carbocycles. The minimum atomic E-state index is -3.01. The van der Waals surface area contributed by atoms with Gasteiger partial charge in [0.1, 0.15) is 5.75 Å². The van der Waals surface area contributed by atoms with E-state index >= 15 is 0 Å². The number of para-hydroxylation sites is 1. The van der Waals surface area contributed by atoms with E-state index in [0.717, 1.165) is 24.8 Å². The molecular weight excluding hydrogens is 236 g/mol. The average molecular weight is 254 g/mol. The summed E-state index contributed by atoms with van der Waals surface area (Å²) in [6.45, 7) is 1.67. The zero-order chi connectivity index (χ0) is 12.5. The monoisotopic (exact) mass is 254 g/mol. The second-order valence-electron chi connectivity index (χ2n) is 4.83. The molecule has 1 aromatic rings. The zero-order valence-corrected chi connectivity index (χ0v) is 10.8. The minimum absolute atomic E-state index is 0.161. The van der Waals surface area contributed by atoms with Gasteiger partial charge in [-0.15, -0.1) is 0 Å².